The van der Waals surface area contributed by atoms with Crippen LogP contribution in [0.5, 0.6) is 0 Å². The summed E-state index contributed by atoms with van der Waals surface area (Å²) in [6.07, 6.45) is 0. The third-order valence-corrected chi connectivity index (χ3v) is 5.77. The maximum atomic E-state index is 13.1. The Kier molecular flexibility index (Phi) is 5.31. The molecule has 2 aromatic carbocycles. The molecular formula is C23H25N5O3. The average Bonchev–Trinajstić information content (AvgIpc) is 3.24. The van der Waals surface area contributed by atoms with E-state index >= 15 is 0 Å². The lowest BCUT2D eigenvalue weighted by Crippen LogP contribution is -2.43. The van der Waals surface area contributed by atoms with Crippen LogP contribution in [-0.2, 0) is 14.4 Å². The normalized spacial score (nSPS) is 20.0. The van der Waals surface area contributed by atoms with E-state index in [4.69, 9.17) is 0 Å². The van der Waals surface area contributed by atoms with Crippen molar-refractivity contribution < 1.29 is 14.4 Å². The number of carbonyl (C=O) groups is 3. The quantitative estimate of drug-likeness (QED) is 0.752. The molecule has 1 N–H and O–H groups in total. The molecule has 2 aliphatic heterocycles. The molecule has 31 heavy (non-hydrogen) atoms. The summed E-state index contributed by atoms with van der Waals surface area (Å²) >= 11 is 0. The van der Waals surface area contributed by atoms with Crippen molar-refractivity contribution in [3.8, 4) is 0 Å². The second kappa shape index (κ2) is 7.94. The molecule has 0 spiro atoms. The molecule has 2 heterocycles. The number of anilines is 2. The van der Waals surface area contributed by atoms with Gasteiger partial charge in [-0.1, -0.05) is 37.3 Å². The van der Waals surface area contributed by atoms with Crippen LogP contribution in [0, 0.1) is 13.8 Å². The molecule has 0 aliphatic carbocycles. The van der Waals surface area contributed by atoms with E-state index < -0.39 is 23.9 Å². The first-order chi connectivity index (χ1) is 14.8. The SMILES string of the molecule is Cc1ccc(NC(=O)CN2N=N[C@H]3C(=O)N(c4ccc(C(C)C)cc4)C(=O)[C@@H]32)cc1C. The number of imide groups is 1. The van der Waals surface area contributed by atoms with Gasteiger partial charge in [-0.3, -0.25) is 19.4 Å². The predicted octanol–water partition coefficient (Wildman–Crippen LogP) is 3.36. The van der Waals surface area contributed by atoms with Crippen molar-refractivity contribution >= 4 is 29.1 Å². The zero-order chi connectivity index (χ0) is 22.3. The van der Waals surface area contributed by atoms with Gasteiger partial charge in [-0.2, -0.15) is 5.11 Å². The Labute approximate surface area is 180 Å². The molecule has 0 radical (unpaired) electrons. The fraction of sp³-hybridized carbons (Fsp3) is 0.348. The van der Waals surface area contributed by atoms with Crippen LogP contribution in [0.2, 0.25) is 0 Å². The second-order valence-electron chi connectivity index (χ2n) is 8.30. The highest BCUT2D eigenvalue weighted by Gasteiger charge is 2.55. The van der Waals surface area contributed by atoms with Crippen LogP contribution >= 0.6 is 0 Å². The van der Waals surface area contributed by atoms with Crippen molar-refractivity contribution in [1.29, 1.82) is 0 Å². The van der Waals surface area contributed by atoms with E-state index in [1.165, 1.54) is 5.01 Å². The number of fused-ring (bicyclic) bond motifs is 1. The first-order valence-corrected chi connectivity index (χ1v) is 10.3. The summed E-state index contributed by atoms with van der Waals surface area (Å²) in [4.78, 5) is 39.6. The molecular weight excluding hydrogens is 394 g/mol. The van der Waals surface area contributed by atoms with Crippen LogP contribution < -0.4 is 10.2 Å². The highest BCUT2D eigenvalue weighted by Crippen LogP contribution is 2.32. The third-order valence-electron chi connectivity index (χ3n) is 5.77. The maximum absolute atomic E-state index is 13.1. The van der Waals surface area contributed by atoms with Crippen molar-refractivity contribution in [2.75, 3.05) is 16.8 Å². The Morgan fingerprint density at radius 3 is 2.39 bits per heavy atom. The zero-order valence-corrected chi connectivity index (χ0v) is 18.0. The molecule has 2 aliphatic rings. The van der Waals surface area contributed by atoms with Crippen LogP contribution in [0.25, 0.3) is 0 Å². The molecule has 2 aromatic rings. The van der Waals surface area contributed by atoms with E-state index in [0.29, 0.717) is 17.3 Å². The first-order valence-electron chi connectivity index (χ1n) is 10.3. The van der Waals surface area contributed by atoms with Gasteiger partial charge in [0.1, 0.15) is 6.54 Å². The summed E-state index contributed by atoms with van der Waals surface area (Å²) in [6.45, 7) is 7.95. The second-order valence-corrected chi connectivity index (χ2v) is 8.30. The van der Waals surface area contributed by atoms with E-state index in [2.05, 4.69) is 29.5 Å². The summed E-state index contributed by atoms with van der Waals surface area (Å²) in [5.41, 5.74) is 4.48. The van der Waals surface area contributed by atoms with Crippen molar-refractivity contribution in [3.05, 3.63) is 59.2 Å². The Bertz CT molecular complexity index is 1080. The molecule has 1 saturated heterocycles. The van der Waals surface area contributed by atoms with Gasteiger partial charge < -0.3 is 5.32 Å². The van der Waals surface area contributed by atoms with Gasteiger partial charge in [0.25, 0.3) is 11.8 Å². The van der Waals surface area contributed by atoms with Crippen molar-refractivity contribution in [2.45, 2.75) is 45.7 Å². The van der Waals surface area contributed by atoms with Gasteiger partial charge in [-0.25, -0.2) is 4.90 Å². The number of amides is 3. The van der Waals surface area contributed by atoms with Gasteiger partial charge in [0.15, 0.2) is 12.1 Å². The Hall–Kier alpha value is -3.55. The predicted molar refractivity (Wildman–Crippen MR) is 117 cm³/mol. The smallest absolute Gasteiger partial charge is 0.263 e. The standard InChI is InChI=1S/C23H25N5O3/c1-13(2)16-6-9-18(10-7-16)28-22(30)20-21(23(28)31)27(26-25-20)12-19(29)24-17-8-5-14(3)15(4)11-17/h5-11,13,20-21H,12H2,1-4H3,(H,24,29)/t20-,21-/m1/s1. The van der Waals surface area contributed by atoms with E-state index in [-0.39, 0.29) is 12.5 Å². The number of nitrogens with one attached hydrogen (secondary N) is 1. The summed E-state index contributed by atoms with van der Waals surface area (Å²) in [5.74, 6) is -0.828. The molecule has 160 valence electrons. The molecule has 0 aromatic heterocycles. The van der Waals surface area contributed by atoms with Gasteiger partial charge in [0, 0.05) is 5.69 Å². The van der Waals surface area contributed by atoms with Gasteiger partial charge in [0.05, 0.1) is 5.69 Å². The molecule has 0 bridgehead atoms. The number of hydrogen-bond acceptors (Lipinski definition) is 6. The number of hydrogen-bond donors (Lipinski definition) is 1. The average molecular weight is 419 g/mol. The van der Waals surface area contributed by atoms with Crippen LogP contribution in [0.3, 0.4) is 0 Å². The summed E-state index contributed by atoms with van der Waals surface area (Å²) in [6, 6.07) is 11.2. The van der Waals surface area contributed by atoms with Crippen molar-refractivity contribution in [2.24, 2.45) is 10.3 Å². The lowest BCUT2D eigenvalue weighted by molar-refractivity contribution is -0.123. The zero-order valence-electron chi connectivity index (χ0n) is 18.0. The van der Waals surface area contributed by atoms with E-state index in [9.17, 15) is 14.4 Å². The van der Waals surface area contributed by atoms with Crippen LogP contribution in [0.1, 0.15) is 36.5 Å². The van der Waals surface area contributed by atoms with Crippen molar-refractivity contribution in [1.82, 2.24) is 5.01 Å². The summed E-state index contributed by atoms with van der Waals surface area (Å²) in [7, 11) is 0. The molecule has 8 nitrogen and oxygen atoms in total. The summed E-state index contributed by atoms with van der Waals surface area (Å²) < 4.78 is 0. The highest BCUT2D eigenvalue weighted by atomic mass is 16.2. The molecule has 4 rings (SSSR count). The fourth-order valence-electron chi connectivity index (χ4n) is 3.78. The third kappa shape index (κ3) is 3.81. The summed E-state index contributed by atoms with van der Waals surface area (Å²) in [5, 5.41) is 12.0. The maximum Gasteiger partial charge on any atom is 0.263 e. The van der Waals surface area contributed by atoms with E-state index in [1.54, 1.807) is 12.1 Å². The lowest BCUT2D eigenvalue weighted by atomic mass is 10.0. The molecule has 3 amide bonds. The largest absolute Gasteiger partial charge is 0.324 e. The molecule has 0 saturated carbocycles. The minimum Gasteiger partial charge on any atom is -0.324 e. The van der Waals surface area contributed by atoms with Gasteiger partial charge in [-0.15, -0.1) is 0 Å². The van der Waals surface area contributed by atoms with E-state index in [0.717, 1.165) is 21.6 Å². The monoisotopic (exact) mass is 419 g/mol. The Morgan fingerprint density at radius 1 is 1.03 bits per heavy atom. The number of rotatable bonds is 5. The van der Waals surface area contributed by atoms with Crippen LogP contribution in [-0.4, -0.2) is 41.4 Å². The van der Waals surface area contributed by atoms with Gasteiger partial charge in [0.2, 0.25) is 5.91 Å². The first kappa shape index (κ1) is 20.7. The Morgan fingerprint density at radius 2 is 1.74 bits per heavy atom. The minimum absolute atomic E-state index is 0.170. The minimum atomic E-state index is -0.924. The molecule has 0 unspecified atom stereocenters. The number of benzene rings is 2. The van der Waals surface area contributed by atoms with Crippen molar-refractivity contribution in [3.63, 3.8) is 0 Å². The van der Waals surface area contributed by atoms with E-state index in [1.807, 2.05) is 44.2 Å². The Balaban J connectivity index is 1.47. The number of nitrogens with zero attached hydrogens (tertiary/aromatic N) is 4. The van der Waals surface area contributed by atoms with Crippen LogP contribution in [0.15, 0.2) is 52.8 Å². The topological polar surface area (TPSA) is 94.4 Å². The molecule has 2 atom stereocenters. The highest BCUT2D eigenvalue weighted by molar-refractivity contribution is 6.25. The molecule has 1 fully saturated rings. The number of aryl methyl sites for hydroxylation is 2. The number of carbonyl (C=O) groups excluding carboxylic acids is 3. The fourth-order valence-corrected chi connectivity index (χ4v) is 3.78. The van der Waals surface area contributed by atoms with Gasteiger partial charge >= 0.3 is 0 Å². The lowest BCUT2D eigenvalue weighted by Gasteiger charge is -2.20. The van der Waals surface area contributed by atoms with Gasteiger partial charge in [-0.05, 0) is 60.7 Å². The van der Waals surface area contributed by atoms with Crippen LogP contribution in [0.4, 0.5) is 11.4 Å². The molecule has 8 heteroatoms.